The first-order valence-electron chi connectivity index (χ1n) is 8.91. The summed E-state index contributed by atoms with van der Waals surface area (Å²) in [4.78, 5) is 24.7. The number of halogens is 1. The molecule has 0 aliphatic carbocycles. The molecule has 0 bridgehead atoms. The van der Waals surface area contributed by atoms with Crippen LogP contribution in [-0.4, -0.2) is 20.8 Å². The van der Waals surface area contributed by atoms with Crippen molar-refractivity contribution in [3.8, 4) is 11.3 Å². The summed E-state index contributed by atoms with van der Waals surface area (Å²) >= 11 is 5.98. The highest BCUT2D eigenvalue weighted by Gasteiger charge is 2.22. The Labute approximate surface area is 170 Å². The van der Waals surface area contributed by atoms with Crippen molar-refractivity contribution in [2.45, 2.75) is 19.9 Å². The van der Waals surface area contributed by atoms with Crippen molar-refractivity contribution in [1.29, 1.82) is 0 Å². The molecule has 2 N–H and O–H groups in total. The Hall–Kier alpha value is -3.45. The summed E-state index contributed by atoms with van der Waals surface area (Å²) in [6.07, 6.45) is 0. The zero-order chi connectivity index (χ0) is 20.7. The molecule has 2 aromatic carbocycles. The van der Waals surface area contributed by atoms with Crippen LogP contribution in [0.3, 0.4) is 0 Å². The average molecular weight is 409 g/mol. The number of carbonyl (C=O) groups excluding carboxylic acids is 1. The number of aryl methyl sites for hydroxylation is 1. The van der Waals surface area contributed by atoms with Crippen molar-refractivity contribution in [3.05, 3.63) is 80.7 Å². The van der Waals surface area contributed by atoms with E-state index in [9.17, 15) is 9.59 Å². The van der Waals surface area contributed by atoms with E-state index < -0.39 is 5.91 Å². The molecular weight excluding hydrogens is 392 g/mol. The van der Waals surface area contributed by atoms with E-state index in [0.717, 1.165) is 5.56 Å². The lowest BCUT2D eigenvalue weighted by molar-refractivity contribution is 0.100. The van der Waals surface area contributed by atoms with Gasteiger partial charge in [0.2, 0.25) is 11.5 Å². The minimum absolute atomic E-state index is 0.272. The van der Waals surface area contributed by atoms with Gasteiger partial charge < -0.3 is 10.3 Å². The third-order valence-corrected chi connectivity index (χ3v) is 5.10. The normalized spacial score (nSPS) is 12.2. The first kappa shape index (κ1) is 18.9. The minimum Gasteiger partial charge on any atom is -0.366 e. The van der Waals surface area contributed by atoms with E-state index in [1.165, 1.54) is 4.68 Å². The van der Waals surface area contributed by atoms with Gasteiger partial charge >= 0.3 is 0 Å². The van der Waals surface area contributed by atoms with Crippen LogP contribution in [0.4, 0.5) is 0 Å². The Morgan fingerprint density at radius 3 is 2.62 bits per heavy atom. The maximum Gasteiger partial charge on any atom is 0.280 e. The molecule has 0 aliphatic rings. The molecule has 2 heterocycles. The van der Waals surface area contributed by atoms with Crippen LogP contribution in [0.25, 0.3) is 22.2 Å². The number of nitrogens with two attached hydrogens (primary N) is 1. The predicted octanol–water partition coefficient (Wildman–Crippen LogP) is 3.72. The minimum atomic E-state index is -0.556. The third-order valence-electron chi connectivity index (χ3n) is 4.85. The quantitative estimate of drug-likeness (QED) is 0.554. The molecular formula is C21H17ClN4O3. The lowest BCUT2D eigenvalue weighted by Crippen LogP contribution is -2.27. The molecule has 0 radical (unpaired) electrons. The highest BCUT2D eigenvalue weighted by atomic mass is 35.5. The second kappa shape index (κ2) is 7.18. The number of hydrogen-bond acceptors (Lipinski definition) is 5. The molecule has 7 nitrogen and oxygen atoms in total. The van der Waals surface area contributed by atoms with Gasteiger partial charge in [-0.3, -0.25) is 9.59 Å². The van der Waals surface area contributed by atoms with Crippen LogP contribution < -0.4 is 11.3 Å². The van der Waals surface area contributed by atoms with Gasteiger partial charge in [-0.05, 0) is 43.7 Å². The van der Waals surface area contributed by atoms with Gasteiger partial charge in [0, 0.05) is 16.1 Å². The van der Waals surface area contributed by atoms with Gasteiger partial charge in [-0.25, -0.2) is 4.68 Å². The molecule has 0 saturated carbocycles. The Bertz CT molecular complexity index is 1290. The number of rotatable bonds is 4. The summed E-state index contributed by atoms with van der Waals surface area (Å²) in [5, 5.41) is 9.47. The van der Waals surface area contributed by atoms with Crippen molar-refractivity contribution in [1.82, 2.24) is 14.9 Å². The fourth-order valence-electron chi connectivity index (χ4n) is 3.25. The number of primary amides is 1. The molecule has 0 fully saturated rings. The maximum absolute atomic E-state index is 13.2. The summed E-state index contributed by atoms with van der Waals surface area (Å²) in [5.74, 6) is -0.556. The molecule has 146 valence electrons. The van der Waals surface area contributed by atoms with Crippen LogP contribution in [0.2, 0.25) is 5.02 Å². The first-order chi connectivity index (χ1) is 13.9. The zero-order valence-corrected chi connectivity index (χ0v) is 16.5. The highest BCUT2D eigenvalue weighted by molar-refractivity contribution is 6.30. The second-order valence-corrected chi connectivity index (χ2v) is 7.18. The smallest absolute Gasteiger partial charge is 0.280 e. The van der Waals surface area contributed by atoms with Gasteiger partial charge in [-0.1, -0.05) is 41.0 Å². The van der Waals surface area contributed by atoms with E-state index >= 15 is 0 Å². The molecule has 0 spiro atoms. The van der Waals surface area contributed by atoms with Gasteiger partial charge in [0.05, 0.1) is 11.7 Å². The number of benzene rings is 2. The summed E-state index contributed by atoms with van der Waals surface area (Å²) in [5.41, 5.74) is 8.04. The van der Waals surface area contributed by atoms with Crippen molar-refractivity contribution >= 4 is 28.5 Å². The van der Waals surface area contributed by atoms with Gasteiger partial charge in [0.15, 0.2) is 0 Å². The number of carbonyl (C=O) groups is 1. The third kappa shape index (κ3) is 3.30. The van der Waals surface area contributed by atoms with Crippen molar-refractivity contribution in [2.75, 3.05) is 0 Å². The molecule has 4 rings (SSSR count). The average Bonchev–Trinajstić information content (AvgIpc) is 3.10. The van der Waals surface area contributed by atoms with Crippen molar-refractivity contribution < 1.29 is 9.32 Å². The molecule has 0 aliphatic heterocycles. The Kier molecular flexibility index (Phi) is 4.68. The summed E-state index contributed by atoms with van der Waals surface area (Å²) in [7, 11) is 0. The first-order valence-corrected chi connectivity index (χ1v) is 9.29. The summed E-state index contributed by atoms with van der Waals surface area (Å²) in [6.45, 7) is 3.57. The number of nitrogens with zero attached hydrogens (tertiary/aromatic N) is 3. The lowest BCUT2D eigenvalue weighted by atomic mass is 10.1. The van der Waals surface area contributed by atoms with Crippen LogP contribution in [0.5, 0.6) is 0 Å². The van der Waals surface area contributed by atoms with Crippen LogP contribution in [-0.2, 0) is 0 Å². The zero-order valence-electron chi connectivity index (χ0n) is 15.7. The van der Waals surface area contributed by atoms with Gasteiger partial charge in [0.25, 0.3) is 5.56 Å². The summed E-state index contributed by atoms with van der Waals surface area (Å²) < 4.78 is 6.80. The molecule has 1 unspecified atom stereocenters. The van der Waals surface area contributed by atoms with Crippen LogP contribution in [0.15, 0.2) is 57.8 Å². The lowest BCUT2D eigenvalue weighted by Gasteiger charge is -2.16. The fourth-order valence-corrected chi connectivity index (χ4v) is 3.38. The molecule has 4 aromatic rings. The number of fused-ring (bicyclic) bond motifs is 1. The topological polar surface area (TPSA) is 104 Å². The predicted molar refractivity (Wildman–Crippen MR) is 110 cm³/mol. The second-order valence-electron chi connectivity index (χ2n) is 6.74. The summed E-state index contributed by atoms with van der Waals surface area (Å²) in [6, 6.07) is 13.6. The highest BCUT2D eigenvalue weighted by Crippen LogP contribution is 2.28. The Balaban J connectivity index is 1.97. The van der Waals surface area contributed by atoms with Crippen LogP contribution >= 0.6 is 11.6 Å². The Morgan fingerprint density at radius 1 is 1.21 bits per heavy atom. The monoisotopic (exact) mass is 408 g/mol. The van der Waals surface area contributed by atoms with Crippen LogP contribution in [0, 0.1) is 6.92 Å². The standard InChI is InChI=1S/C21H17ClN4O3/c1-11-17-19(29-25-11)18(14-4-3-5-15(10-14)20(23)27)24-26(21(17)28)12(2)13-6-8-16(22)9-7-13/h3-10,12H,1-2H3,(H2,23,27). The van der Waals surface area contributed by atoms with E-state index in [-0.39, 0.29) is 17.2 Å². The van der Waals surface area contributed by atoms with E-state index in [4.69, 9.17) is 21.9 Å². The van der Waals surface area contributed by atoms with Gasteiger partial charge in [-0.2, -0.15) is 5.10 Å². The van der Waals surface area contributed by atoms with Gasteiger partial charge in [-0.15, -0.1) is 0 Å². The molecule has 29 heavy (non-hydrogen) atoms. The number of aromatic nitrogens is 3. The molecule has 1 atom stereocenters. The SMILES string of the molecule is Cc1noc2c(-c3cccc(C(N)=O)c3)nn(C(C)c3ccc(Cl)cc3)c(=O)c12. The maximum atomic E-state index is 13.2. The fraction of sp³-hybridized carbons (Fsp3) is 0.143. The molecule has 2 aromatic heterocycles. The largest absolute Gasteiger partial charge is 0.366 e. The Morgan fingerprint density at radius 2 is 1.93 bits per heavy atom. The van der Waals surface area contributed by atoms with Gasteiger partial charge in [0.1, 0.15) is 11.1 Å². The van der Waals surface area contributed by atoms with E-state index in [0.29, 0.717) is 32.9 Å². The van der Waals surface area contributed by atoms with E-state index in [2.05, 4.69) is 10.3 Å². The molecule has 8 heteroatoms. The van der Waals surface area contributed by atoms with Crippen LogP contribution in [0.1, 0.15) is 34.6 Å². The number of amides is 1. The van der Waals surface area contributed by atoms with E-state index in [1.54, 1.807) is 43.3 Å². The van der Waals surface area contributed by atoms with Crippen molar-refractivity contribution in [2.24, 2.45) is 5.73 Å². The van der Waals surface area contributed by atoms with E-state index in [1.807, 2.05) is 19.1 Å². The molecule has 1 amide bonds. The number of hydrogen-bond donors (Lipinski definition) is 1. The molecule has 0 saturated heterocycles. The van der Waals surface area contributed by atoms with Crippen molar-refractivity contribution in [3.63, 3.8) is 0 Å².